The molecule has 1 aromatic carbocycles. The second-order valence-electron chi connectivity index (χ2n) is 4.19. The van der Waals surface area contributed by atoms with E-state index >= 15 is 0 Å². The topological polar surface area (TPSA) is 87.8 Å². The highest BCUT2D eigenvalue weighted by Crippen LogP contribution is 2.27. The first-order valence-corrected chi connectivity index (χ1v) is 5.55. The van der Waals surface area contributed by atoms with Crippen LogP contribution in [0.5, 0.6) is 5.75 Å². The fraction of sp³-hybridized carbons (Fsp3) is 0.0769. The number of phenolic OH excluding ortho intramolecular Hbond substituents is 1. The summed E-state index contributed by atoms with van der Waals surface area (Å²) >= 11 is 0. The van der Waals surface area contributed by atoms with Crippen molar-refractivity contribution in [3.63, 3.8) is 0 Å². The van der Waals surface area contributed by atoms with Crippen molar-refractivity contribution in [1.82, 2.24) is 15.0 Å². The smallest absolute Gasteiger partial charge is 0.178 e. The fourth-order valence-corrected chi connectivity index (χ4v) is 1.86. The molecule has 0 saturated heterocycles. The highest BCUT2D eigenvalue weighted by Gasteiger charge is 2.09. The molecule has 0 spiro atoms. The van der Waals surface area contributed by atoms with Gasteiger partial charge >= 0.3 is 0 Å². The molecule has 0 aliphatic rings. The van der Waals surface area contributed by atoms with Crippen LogP contribution in [0.4, 0.5) is 5.69 Å². The molecular weight excluding hydrogens is 228 g/mol. The highest BCUT2D eigenvalue weighted by atomic mass is 16.3. The molecule has 0 bridgehead atoms. The van der Waals surface area contributed by atoms with Crippen LogP contribution < -0.4 is 5.73 Å². The Morgan fingerprint density at radius 3 is 2.83 bits per heavy atom. The Kier molecular flexibility index (Phi) is 2.19. The summed E-state index contributed by atoms with van der Waals surface area (Å²) in [6.45, 7) is 1.99. The molecule has 0 aliphatic heterocycles. The van der Waals surface area contributed by atoms with E-state index in [9.17, 15) is 5.11 Å². The second kappa shape index (κ2) is 3.73. The van der Waals surface area contributed by atoms with Crippen molar-refractivity contribution in [3.05, 3.63) is 36.0 Å². The van der Waals surface area contributed by atoms with Crippen LogP contribution in [0.25, 0.3) is 22.6 Å². The van der Waals surface area contributed by atoms with Crippen molar-refractivity contribution in [3.8, 4) is 17.1 Å². The second-order valence-corrected chi connectivity index (χ2v) is 4.19. The lowest BCUT2D eigenvalue weighted by Crippen LogP contribution is -1.87. The van der Waals surface area contributed by atoms with E-state index in [-0.39, 0.29) is 5.75 Å². The van der Waals surface area contributed by atoms with Gasteiger partial charge in [0.25, 0.3) is 0 Å². The lowest BCUT2D eigenvalue weighted by atomic mass is 10.2. The van der Waals surface area contributed by atoms with Gasteiger partial charge in [-0.25, -0.2) is 9.97 Å². The van der Waals surface area contributed by atoms with Gasteiger partial charge < -0.3 is 15.8 Å². The van der Waals surface area contributed by atoms with E-state index in [4.69, 9.17) is 5.73 Å². The lowest BCUT2D eigenvalue weighted by molar-refractivity contribution is 0.478. The van der Waals surface area contributed by atoms with Gasteiger partial charge in [-0.1, -0.05) is 0 Å². The molecule has 0 aliphatic carbocycles. The first-order valence-electron chi connectivity index (χ1n) is 5.55. The van der Waals surface area contributed by atoms with Crippen molar-refractivity contribution >= 4 is 16.9 Å². The SMILES string of the molecule is Cc1ccnc2nc(-c3ccc(N)c(O)c3)[nH]c12. The van der Waals surface area contributed by atoms with Gasteiger partial charge in [-0.05, 0) is 36.8 Å². The molecule has 3 aromatic rings. The number of imidazole rings is 1. The van der Waals surface area contributed by atoms with E-state index in [2.05, 4.69) is 15.0 Å². The van der Waals surface area contributed by atoms with Crippen LogP contribution in [0.2, 0.25) is 0 Å². The largest absolute Gasteiger partial charge is 0.506 e. The molecular formula is C13H12N4O. The fourth-order valence-electron chi connectivity index (χ4n) is 1.86. The summed E-state index contributed by atoms with van der Waals surface area (Å²) in [5.74, 6) is 0.722. The van der Waals surface area contributed by atoms with Gasteiger partial charge in [0.05, 0.1) is 11.2 Å². The van der Waals surface area contributed by atoms with Gasteiger partial charge in [0, 0.05) is 11.8 Å². The van der Waals surface area contributed by atoms with Crippen molar-refractivity contribution in [2.24, 2.45) is 0 Å². The van der Waals surface area contributed by atoms with Gasteiger partial charge in [-0.15, -0.1) is 0 Å². The Morgan fingerprint density at radius 1 is 1.28 bits per heavy atom. The van der Waals surface area contributed by atoms with Crippen LogP contribution in [0.3, 0.4) is 0 Å². The number of aryl methyl sites for hydroxylation is 1. The predicted molar refractivity (Wildman–Crippen MR) is 70.1 cm³/mol. The molecule has 4 N–H and O–H groups in total. The number of nitrogens with two attached hydrogens (primary N) is 1. The number of pyridine rings is 1. The summed E-state index contributed by atoms with van der Waals surface area (Å²) in [6.07, 6.45) is 1.72. The molecule has 0 radical (unpaired) electrons. The Hall–Kier alpha value is -2.56. The number of aromatic hydroxyl groups is 1. The first kappa shape index (κ1) is 10.6. The normalized spacial score (nSPS) is 10.9. The van der Waals surface area contributed by atoms with E-state index < -0.39 is 0 Å². The summed E-state index contributed by atoms with van der Waals surface area (Å²) in [4.78, 5) is 11.8. The number of aromatic amines is 1. The number of fused-ring (bicyclic) bond motifs is 1. The standard InChI is InChI=1S/C13H12N4O/c1-7-4-5-15-13-11(7)16-12(17-13)8-2-3-9(14)10(18)6-8/h2-6,18H,14H2,1H3,(H,15,16,17). The van der Waals surface area contributed by atoms with E-state index in [1.54, 1.807) is 18.3 Å². The number of hydrogen-bond donors (Lipinski definition) is 3. The zero-order valence-electron chi connectivity index (χ0n) is 9.81. The molecule has 0 unspecified atom stereocenters. The summed E-state index contributed by atoms with van der Waals surface area (Å²) in [5, 5.41) is 9.61. The van der Waals surface area contributed by atoms with Crippen molar-refractivity contribution in [1.29, 1.82) is 0 Å². The van der Waals surface area contributed by atoms with Gasteiger partial charge in [-0.2, -0.15) is 0 Å². The highest BCUT2D eigenvalue weighted by molar-refractivity contribution is 5.79. The number of nitrogens with zero attached hydrogens (tertiary/aromatic N) is 2. The molecule has 2 heterocycles. The third-order valence-electron chi connectivity index (χ3n) is 2.90. The lowest BCUT2D eigenvalue weighted by Gasteiger charge is -2.00. The Bertz CT molecular complexity index is 733. The van der Waals surface area contributed by atoms with Crippen molar-refractivity contribution < 1.29 is 5.11 Å². The minimum absolute atomic E-state index is 0.0534. The number of nitrogens with one attached hydrogen (secondary N) is 1. The molecule has 0 amide bonds. The third kappa shape index (κ3) is 1.57. The average Bonchev–Trinajstić information content (AvgIpc) is 2.78. The minimum atomic E-state index is 0.0534. The first-order chi connectivity index (χ1) is 8.65. The monoisotopic (exact) mass is 240 g/mol. The van der Waals surface area contributed by atoms with E-state index in [0.29, 0.717) is 17.2 Å². The van der Waals surface area contributed by atoms with E-state index in [1.807, 2.05) is 19.1 Å². The zero-order valence-corrected chi connectivity index (χ0v) is 9.81. The number of nitrogen functional groups attached to an aromatic ring is 1. The van der Waals surface area contributed by atoms with Crippen LogP contribution in [-0.4, -0.2) is 20.1 Å². The van der Waals surface area contributed by atoms with Crippen molar-refractivity contribution in [2.75, 3.05) is 5.73 Å². The number of phenols is 1. The maximum Gasteiger partial charge on any atom is 0.178 e. The van der Waals surface area contributed by atoms with Crippen LogP contribution in [0.15, 0.2) is 30.5 Å². The number of aromatic nitrogens is 3. The Morgan fingerprint density at radius 2 is 2.11 bits per heavy atom. The molecule has 0 atom stereocenters. The average molecular weight is 240 g/mol. The van der Waals surface area contributed by atoms with E-state index in [0.717, 1.165) is 16.6 Å². The molecule has 5 heteroatoms. The van der Waals surface area contributed by atoms with Crippen LogP contribution in [0, 0.1) is 6.92 Å². The number of benzene rings is 1. The Labute approximate surface area is 103 Å². The number of rotatable bonds is 1. The third-order valence-corrected chi connectivity index (χ3v) is 2.90. The van der Waals surface area contributed by atoms with Gasteiger partial charge in [0.1, 0.15) is 11.6 Å². The quantitative estimate of drug-likeness (QED) is 0.449. The maximum atomic E-state index is 9.61. The summed E-state index contributed by atoms with van der Waals surface area (Å²) < 4.78 is 0. The summed E-state index contributed by atoms with van der Waals surface area (Å²) in [6, 6.07) is 6.97. The van der Waals surface area contributed by atoms with Gasteiger partial charge in [0.2, 0.25) is 0 Å². The summed E-state index contributed by atoms with van der Waals surface area (Å²) in [5.41, 5.74) is 9.36. The van der Waals surface area contributed by atoms with Crippen molar-refractivity contribution in [2.45, 2.75) is 6.92 Å². The summed E-state index contributed by atoms with van der Waals surface area (Å²) in [7, 11) is 0. The number of H-pyrrole nitrogens is 1. The van der Waals surface area contributed by atoms with Gasteiger partial charge in [-0.3, -0.25) is 0 Å². The molecule has 0 fully saturated rings. The van der Waals surface area contributed by atoms with Gasteiger partial charge in [0.15, 0.2) is 5.65 Å². The van der Waals surface area contributed by atoms with Crippen LogP contribution in [0.1, 0.15) is 5.56 Å². The predicted octanol–water partition coefficient (Wildman–Crippen LogP) is 2.22. The van der Waals surface area contributed by atoms with Crippen LogP contribution >= 0.6 is 0 Å². The van der Waals surface area contributed by atoms with Crippen LogP contribution in [-0.2, 0) is 0 Å². The molecule has 90 valence electrons. The zero-order chi connectivity index (χ0) is 12.7. The Balaban J connectivity index is 2.19. The molecule has 18 heavy (non-hydrogen) atoms. The minimum Gasteiger partial charge on any atom is -0.506 e. The van der Waals surface area contributed by atoms with E-state index in [1.165, 1.54) is 0 Å². The maximum absolute atomic E-state index is 9.61. The number of anilines is 1. The molecule has 3 rings (SSSR count). The molecule has 0 saturated carbocycles. The molecule has 2 aromatic heterocycles. The molecule has 5 nitrogen and oxygen atoms in total. The number of hydrogen-bond acceptors (Lipinski definition) is 4.